The molecule has 5 nitrogen and oxygen atoms in total. The minimum Gasteiger partial charge on any atom is -0.486 e. The van der Waals surface area contributed by atoms with Crippen LogP contribution in [0.4, 0.5) is 0 Å². The molecule has 1 aliphatic rings. The summed E-state index contributed by atoms with van der Waals surface area (Å²) in [5.74, 6) is 0.457. The van der Waals surface area contributed by atoms with Gasteiger partial charge in [-0.25, -0.2) is 0 Å². The van der Waals surface area contributed by atoms with E-state index in [0.717, 1.165) is 22.4 Å². The fourth-order valence-corrected chi connectivity index (χ4v) is 3.64. The minimum absolute atomic E-state index is 0.0166. The molecule has 1 aliphatic heterocycles. The SMILES string of the molecule is C[C@H](C(=O)NC[C@H]1Cc2cc(-c3cnccn3)cc(Cl)c2O1)c1ccccc1. The molecule has 142 valence electrons. The third-order valence-corrected chi connectivity index (χ3v) is 5.19. The topological polar surface area (TPSA) is 64.1 Å². The lowest BCUT2D eigenvalue weighted by Gasteiger charge is -2.16. The van der Waals surface area contributed by atoms with Gasteiger partial charge in [0.1, 0.15) is 11.9 Å². The van der Waals surface area contributed by atoms with Crippen LogP contribution in [0.3, 0.4) is 0 Å². The number of halogens is 1. The average molecular weight is 394 g/mol. The van der Waals surface area contributed by atoms with Gasteiger partial charge >= 0.3 is 0 Å². The summed E-state index contributed by atoms with van der Waals surface area (Å²) in [5.41, 5.74) is 3.68. The molecule has 1 N–H and O–H groups in total. The number of hydrogen-bond acceptors (Lipinski definition) is 4. The Kier molecular flexibility index (Phi) is 5.26. The first kappa shape index (κ1) is 18.4. The molecule has 0 spiro atoms. The molecule has 1 amide bonds. The largest absolute Gasteiger partial charge is 0.486 e. The maximum absolute atomic E-state index is 12.5. The third kappa shape index (κ3) is 3.85. The Bertz CT molecular complexity index is 980. The number of ether oxygens (including phenoxy) is 1. The summed E-state index contributed by atoms with van der Waals surface area (Å²) in [7, 11) is 0. The van der Waals surface area contributed by atoms with Crippen LogP contribution in [-0.4, -0.2) is 28.5 Å². The highest BCUT2D eigenvalue weighted by atomic mass is 35.5. The fourth-order valence-electron chi connectivity index (χ4n) is 3.36. The maximum atomic E-state index is 12.5. The molecule has 0 aliphatic carbocycles. The summed E-state index contributed by atoms with van der Waals surface area (Å²) in [5, 5.41) is 3.54. The number of aromatic nitrogens is 2. The number of hydrogen-bond donors (Lipinski definition) is 1. The molecule has 28 heavy (non-hydrogen) atoms. The van der Waals surface area contributed by atoms with Crippen LogP contribution < -0.4 is 10.1 Å². The maximum Gasteiger partial charge on any atom is 0.227 e. The number of carbonyl (C=O) groups is 1. The Morgan fingerprint density at radius 1 is 1.29 bits per heavy atom. The van der Waals surface area contributed by atoms with Gasteiger partial charge in [0, 0.05) is 29.9 Å². The summed E-state index contributed by atoms with van der Waals surface area (Å²) >= 11 is 6.42. The Hall–Kier alpha value is -2.92. The summed E-state index contributed by atoms with van der Waals surface area (Å²) in [6.45, 7) is 2.33. The van der Waals surface area contributed by atoms with E-state index in [1.807, 2.05) is 49.4 Å². The lowest BCUT2D eigenvalue weighted by molar-refractivity contribution is -0.122. The second-order valence-electron chi connectivity index (χ2n) is 6.86. The van der Waals surface area contributed by atoms with Gasteiger partial charge in [0.25, 0.3) is 0 Å². The zero-order chi connectivity index (χ0) is 19.5. The monoisotopic (exact) mass is 393 g/mol. The van der Waals surface area contributed by atoms with Crippen LogP contribution in [0.25, 0.3) is 11.3 Å². The van der Waals surface area contributed by atoms with E-state index in [9.17, 15) is 4.79 Å². The second kappa shape index (κ2) is 7.98. The quantitative estimate of drug-likeness (QED) is 0.711. The fraction of sp³-hybridized carbons (Fsp3) is 0.227. The van der Waals surface area contributed by atoms with E-state index >= 15 is 0 Å². The third-order valence-electron chi connectivity index (χ3n) is 4.91. The van der Waals surface area contributed by atoms with Crippen molar-refractivity contribution in [3.63, 3.8) is 0 Å². The van der Waals surface area contributed by atoms with Crippen molar-refractivity contribution in [2.45, 2.75) is 25.4 Å². The molecule has 0 saturated carbocycles. The number of amides is 1. The van der Waals surface area contributed by atoms with Crippen LogP contribution >= 0.6 is 11.6 Å². The first-order chi connectivity index (χ1) is 13.6. The molecule has 2 aromatic carbocycles. The Labute approximate surface area is 168 Å². The van der Waals surface area contributed by atoms with Gasteiger partial charge in [-0.1, -0.05) is 41.9 Å². The predicted molar refractivity (Wildman–Crippen MR) is 108 cm³/mol. The second-order valence-corrected chi connectivity index (χ2v) is 7.27. The summed E-state index contributed by atoms with van der Waals surface area (Å²) in [4.78, 5) is 20.9. The molecule has 1 aromatic heterocycles. The molecule has 0 unspecified atom stereocenters. The van der Waals surface area contributed by atoms with Crippen molar-refractivity contribution in [2.75, 3.05) is 6.54 Å². The molecule has 6 heteroatoms. The zero-order valence-corrected chi connectivity index (χ0v) is 16.2. The van der Waals surface area contributed by atoms with Gasteiger partial charge in [0.05, 0.1) is 29.4 Å². The number of nitrogens with zero attached hydrogens (tertiary/aromatic N) is 2. The molecule has 3 aromatic rings. The van der Waals surface area contributed by atoms with Crippen LogP contribution in [0.2, 0.25) is 5.02 Å². The van der Waals surface area contributed by atoms with Crippen LogP contribution in [0.15, 0.2) is 61.1 Å². The number of nitrogens with one attached hydrogen (secondary N) is 1. The summed E-state index contributed by atoms with van der Waals surface area (Å²) < 4.78 is 5.98. The van der Waals surface area contributed by atoms with Crippen LogP contribution in [0.1, 0.15) is 24.0 Å². The van der Waals surface area contributed by atoms with E-state index in [1.165, 1.54) is 0 Å². The van der Waals surface area contributed by atoms with Crippen LogP contribution in [0, 0.1) is 0 Å². The highest BCUT2D eigenvalue weighted by molar-refractivity contribution is 6.32. The van der Waals surface area contributed by atoms with Gasteiger partial charge in [-0.3, -0.25) is 14.8 Å². The standard InChI is InChI=1S/C22H20ClN3O2/c1-14(15-5-3-2-4-6-15)22(27)26-12-18-10-17-9-16(11-19(23)21(17)28-18)20-13-24-7-8-25-20/h2-9,11,13-14,18H,10,12H2,1H3,(H,26,27)/t14-,18+/m0/s1. The van der Waals surface area contributed by atoms with Gasteiger partial charge in [-0.15, -0.1) is 0 Å². The van der Waals surface area contributed by atoms with E-state index < -0.39 is 0 Å². The van der Waals surface area contributed by atoms with Gasteiger partial charge in [0.15, 0.2) is 0 Å². The molecule has 0 fully saturated rings. The molecule has 0 saturated heterocycles. The van der Waals surface area contributed by atoms with E-state index in [2.05, 4.69) is 15.3 Å². The van der Waals surface area contributed by atoms with Gasteiger partial charge in [0.2, 0.25) is 5.91 Å². The molecular weight excluding hydrogens is 374 g/mol. The average Bonchev–Trinajstić information content (AvgIpc) is 3.16. The number of carbonyl (C=O) groups excluding carboxylic acids is 1. The molecular formula is C22H20ClN3O2. The lowest BCUT2D eigenvalue weighted by atomic mass is 10.0. The van der Waals surface area contributed by atoms with Crippen molar-refractivity contribution in [3.8, 4) is 17.0 Å². The van der Waals surface area contributed by atoms with Crippen molar-refractivity contribution in [2.24, 2.45) is 0 Å². The van der Waals surface area contributed by atoms with Gasteiger partial charge < -0.3 is 10.1 Å². The van der Waals surface area contributed by atoms with Crippen LogP contribution in [-0.2, 0) is 11.2 Å². The minimum atomic E-state index is -0.211. The van der Waals surface area contributed by atoms with Crippen LogP contribution in [0.5, 0.6) is 5.75 Å². The Morgan fingerprint density at radius 3 is 2.86 bits per heavy atom. The summed E-state index contributed by atoms with van der Waals surface area (Å²) in [6, 6.07) is 13.6. The molecule has 4 rings (SSSR count). The molecule has 0 radical (unpaired) electrons. The molecule has 2 atom stereocenters. The normalized spacial score (nSPS) is 16.1. The van der Waals surface area contributed by atoms with Crippen molar-refractivity contribution >= 4 is 17.5 Å². The highest BCUT2D eigenvalue weighted by Crippen LogP contribution is 2.39. The van der Waals surface area contributed by atoms with Gasteiger partial charge in [-0.05, 0) is 24.6 Å². The van der Waals surface area contributed by atoms with E-state index in [4.69, 9.17) is 16.3 Å². The Balaban J connectivity index is 1.41. The number of benzene rings is 2. The summed E-state index contributed by atoms with van der Waals surface area (Å²) in [6.07, 6.45) is 5.53. The van der Waals surface area contributed by atoms with E-state index in [1.54, 1.807) is 18.6 Å². The van der Waals surface area contributed by atoms with Crippen molar-refractivity contribution in [3.05, 3.63) is 77.2 Å². The first-order valence-electron chi connectivity index (χ1n) is 9.20. The van der Waals surface area contributed by atoms with Crippen molar-refractivity contribution in [1.82, 2.24) is 15.3 Å². The number of rotatable bonds is 5. The van der Waals surface area contributed by atoms with Gasteiger partial charge in [-0.2, -0.15) is 0 Å². The molecule has 0 bridgehead atoms. The predicted octanol–water partition coefficient (Wildman–Crippen LogP) is 4.02. The van der Waals surface area contributed by atoms with Crippen molar-refractivity contribution in [1.29, 1.82) is 0 Å². The smallest absolute Gasteiger partial charge is 0.227 e. The lowest BCUT2D eigenvalue weighted by Crippen LogP contribution is -2.36. The van der Waals surface area contributed by atoms with Crippen molar-refractivity contribution < 1.29 is 9.53 Å². The zero-order valence-electron chi connectivity index (χ0n) is 15.4. The van der Waals surface area contributed by atoms with E-state index in [0.29, 0.717) is 23.7 Å². The first-order valence-corrected chi connectivity index (χ1v) is 9.57. The molecule has 2 heterocycles. The van der Waals surface area contributed by atoms with E-state index in [-0.39, 0.29) is 17.9 Å². The Morgan fingerprint density at radius 2 is 2.11 bits per heavy atom. The highest BCUT2D eigenvalue weighted by Gasteiger charge is 2.27. The number of fused-ring (bicyclic) bond motifs is 1.